The van der Waals surface area contributed by atoms with Crippen LogP contribution in [0.4, 0.5) is 14.9 Å². The van der Waals surface area contributed by atoms with Crippen molar-refractivity contribution in [2.75, 3.05) is 38.5 Å². The predicted octanol–water partition coefficient (Wildman–Crippen LogP) is 3.20. The van der Waals surface area contributed by atoms with Crippen LogP contribution < -0.4 is 10.6 Å². The summed E-state index contributed by atoms with van der Waals surface area (Å²) in [4.78, 5) is 18.7. The molecular weight excluding hydrogens is 457 g/mol. The van der Waals surface area contributed by atoms with Crippen molar-refractivity contribution in [3.63, 3.8) is 0 Å². The molecule has 1 fully saturated rings. The molecule has 1 unspecified atom stereocenters. The summed E-state index contributed by atoms with van der Waals surface area (Å²) in [6, 6.07) is 14.3. The van der Waals surface area contributed by atoms with Crippen molar-refractivity contribution in [2.45, 2.75) is 24.3 Å². The Labute approximate surface area is 198 Å². The van der Waals surface area contributed by atoms with Crippen LogP contribution in [-0.4, -0.2) is 67.9 Å². The molecular formula is C24H28FN5O3S. The van der Waals surface area contributed by atoms with Crippen LogP contribution in [0.3, 0.4) is 0 Å². The number of carbonyl (C=O) groups is 1. The fourth-order valence-corrected chi connectivity index (χ4v) is 5.66. The van der Waals surface area contributed by atoms with Crippen LogP contribution >= 0.6 is 0 Å². The molecule has 34 heavy (non-hydrogen) atoms. The number of likely N-dealkylation sites (N-methyl/N-ethyl adjacent to an activating group) is 1. The zero-order valence-corrected chi connectivity index (χ0v) is 20.0. The highest BCUT2D eigenvalue weighted by molar-refractivity contribution is 7.89. The average molecular weight is 486 g/mol. The minimum absolute atomic E-state index is 0.260. The van der Waals surface area contributed by atoms with Gasteiger partial charge < -0.3 is 10.6 Å². The van der Waals surface area contributed by atoms with E-state index in [1.165, 1.54) is 29.6 Å². The van der Waals surface area contributed by atoms with Gasteiger partial charge in [0.15, 0.2) is 0 Å². The van der Waals surface area contributed by atoms with E-state index in [9.17, 15) is 17.6 Å². The van der Waals surface area contributed by atoms with Gasteiger partial charge in [0.2, 0.25) is 10.0 Å². The molecule has 0 bridgehead atoms. The molecule has 180 valence electrons. The number of para-hydroxylation sites is 1. The van der Waals surface area contributed by atoms with Crippen molar-refractivity contribution >= 4 is 32.6 Å². The molecule has 8 nitrogen and oxygen atoms in total. The number of sulfonamides is 1. The normalized spacial score (nSPS) is 16.8. The molecule has 0 aliphatic carbocycles. The fourth-order valence-electron chi connectivity index (χ4n) is 4.22. The Morgan fingerprint density at radius 3 is 2.74 bits per heavy atom. The molecule has 0 saturated carbocycles. The van der Waals surface area contributed by atoms with Gasteiger partial charge in [-0.25, -0.2) is 17.6 Å². The van der Waals surface area contributed by atoms with Gasteiger partial charge in [-0.3, -0.25) is 9.88 Å². The Morgan fingerprint density at radius 2 is 1.94 bits per heavy atom. The van der Waals surface area contributed by atoms with Crippen LogP contribution in [0.1, 0.15) is 12.1 Å². The third-order valence-electron chi connectivity index (χ3n) is 6.06. The predicted molar refractivity (Wildman–Crippen MR) is 130 cm³/mol. The average Bonchev–Trinajstić information content (AvgIpc) is 3.27. The number of nitrogens with one attached hydrogen (secondary N) is 2. The Balaban J connectivity index is 1.29. The van der Waals surface area contributed by atoms with Crippen LogP contribution in [0, 0.1) is 12.7 Å². The molecule has 1 aliphatic heterocycles. The zero-order chi connectivity index (χ0) is 24.3. The molecule has 2 heterocycles. The molecule has 1 aliphatic rings. The first kappa shape index (κ1) is 24.1. The van der Waals surface area contributed by atoms with Crippen molar-refractivity contribution in [1.29, 1.82) is 0 Å². The van der Waals surface area contributed by atoms with Crippen LogP contribution in [0.2, 0.25) is 0 Å². The van der Waals surface area contributed by atoms with Crippen LogP contribution in [0.5, 0.6) is 0 Å². The quantitative estimate of drug-likeness (QED) is 0.536. The van der Waals surface area contributed by atoms with Gasteiger partial charge in [0, 0.05) is 43.8 Å². The van der Waals surface area contributed by atoms with Gasteiger partial charge in [0.1, 0.15) is 10.7 Å². The molecule has 0 spiro atoms. The second-order valence-electron chi connectivity index (χ2n) is 8.40. The SMILES string of the molecule is Cc1cc(NC(=O)NCCN2CCC(N(C)S(=O)(=O)c3ccccc3F)C2)c2ccccc2n1. The number of nitrogens with zero attached hydrogens (tertiary/aromatic N) is 3. The Kier molecular flexibility index (Phi) is 7.11. The molecule has 2 N–H and O–H groups in total. The molecule has 10 heteroatoms. The number of pyridine rings is 1. The number of amides is 2. The van der Waals surface area contributed by atoms with E-state index in [1.54, 1.807) is 0 Å². The maximum absolute atomic E-state index is 14.1. The fraction of sp³-hybridized carbons (Fsp3) is 0.333. The number of urea groups is 1. The number of hydrogen-bond acceptors (Lipinski definition) is 5. The number of carbonyl (C=O) groups excluding carboxylic acids is 1. The lowest BCUT2D eigenvalue weighted by atomic mass is 10.1. The number of halogens is 1. The summed E-state index contributed by atoms with van der Waals surface area (Å²) in [6.07, 6.45) is 0.638. The van der Waals surface area contributed by atoms with Gasteiger partial charge >= 0.3 is 6.03 Å². The Hall–Kier alpha value is -3.08. The third kappa shape index (κ3) is 5.19. The first-order valence-corrected chi connectivity index (χ1v) is 12.6. The van der Waals surface area contributed by atoms with Crippen molar-refractivity contribution < 1.29 is 17.6 Å². The summed E-state index contributed by atoms with van der Waals surface area (Å²) in [6.45, 7) is 4.07. The van der Waals surface area contributed by atoms with Crippen LogP contribution in [0.25, 0.3) is 10.9 Å². The number of rotatable bonds is 7. The van der Waals surface area contributed by atoms with Crippen molar-refractivity contribution in [3.05, 3.63) is 66.1 Å². The summed E-state index contributed by atoms with van der Waals surface area (Å²) < 4.78 is 41.0. The molecule has 2 amide bonds. The third-order valence-corrected chi connectivity index (χ3v) is 8.00. The van der Waals surface area contributed by atoms with Crippen LogP contribution in [-0.2, 0) is 10.0 Å². The van der Waals surface area contributed by atoms with Crippen molar-refractivity contribution in [1.82, 2.24) is 19.5 Å². The van der Waals surface area contributed by atoms with E-state index in [1.807, 2.05) is 37.3 Å². The lowest BCUT2D eigenvalue weighted by Crippen LogP contribution is -2.41. The van der Waals surface area contributed by atoms with E-state index >= 15 is 0 Å². The standard InChI is InChI=1S/C24H28FN5O3S/c1-17-15-22(19-7-3-5-9-21(19)27-17)28-24(31)26-12-14-30-13-11-18(16-30)29(2)34(32,33)23-10-6-4-8-20(23)25/h3-10,15,18H,11-14,16H2,1-2H3,(H2,26,27,28,31). The largest absolute Gasteiger partial charge is 0.337 e. The minimum Gasteiger partial charge on any atom is -0.337 e. The summed E-state index contributed by atoms with van der Waals surface area (Å²) in [5.74, 6) is -0.753. The number of aryl methyl sites for hydroxylation is 1. The van der Waals surface area contributed by atoms with Gasteiger partial charge in [-0.2, -0.15) is 4.31 Å². The molecule has 3 aromatic rings. The van der Waals surface area contributed by atoms with Gasteiger partial charge in [-0.05, 0) is 44.2 Å². The Morgan fingerprint density at radius 1 is 1.21 bits per heavy atom. The first-order chi connectivity index (χ1) is 16.3. The molecule has 1 aromatic heterocycles. The van der Waals surface area contributed by atoms with E-state index in [2.05, 4.69) is 20.5 Å². The van der Waals surface area contributed by atoms with Gasteiger partial charge in [-0.1, -0.05) is 30.3 Å². The molecule has 4 rings (SSSR count). The zero-order valence-electron chi connectivity index (χ0n) is 19.2. The van der Waals surface area contributed by atoms with E-state index in [0.29, 0.717) is 38.3 Å². The van der Waals surface area contributed by atoms with Gasteiger partial charge in [-0.15, -0.1) is 0 Å². The summed E-state index contributed by atoms with van der Waals surface area (Å²) >= 11 is 0. The van der Waals surface area contributed by atoms with Crippen LogP contribution in [0.15, 0.2) is 59.5 Å². The second-order valence-corrected chi connectivity index (χ2v) is 10.4. The molecule has 2 aromatic carbocycles. The highest BCUT2D eigenvalue weighted by Gasteiger charge is 2.34. The van der Waals surface area contributed by atoms with Gasteiger partial charge in [0.05, 0.1) is 11.2 Å². The van der Waals surface area contributed by atoms with Crippen molar-refractivity contribution in [2.24, 2.45) is 0 Å². The van der Waals surface area contributed by atoms with E-state index < -0.39 is 15.8 Å². The van der Waals surface area contributed by atoms with E-state index in [0.717, 1.165) is 22.7 Å². The number of fused-ring (bicyclic) bond motifs is 1. The summed E-state index contributed by atoms with van der Waals surface area (Å²) in [5.41, 5.74) is 2.32. The lowest BCUT2D eigenvalue weighted by Gasteiger charge is -2.24. The molecule has 1 saturated heterocycles. The maximum atomic E-state index is 14.1. The number of aromatic nitrogens is 1. The number of anilines is 1. The highest BCUT2D eigenvalue weighted by Crippen LogP contribution is 2.24. The second kappa shape index (κ2) is 10.0. The maximum Gasteiger partial charge on any atom is 0.319 e. The monoisotopic (exact) mass is 485 g/mol. The van der Waals surface area contributed by atoms with Crippen molar-refractivity contribution in [3.8, 4) is 0 Å². The number of benzene rings is 2. The summed E-state index contributed by atoms with van der Waals surface area (Å²) in [7, 11) is -2.43. The molecule has 0 radical (unpaired) electrons. The lowest BCUT2D eigenvalue weighted by molar-refractivity contribution is 0.248. The van der Waals surface area contributed by atoms with E-state index in [4.69, 9.17) is 0 Å². The Bertz CT molecular complexity index is 1300. The molecule has 1 atom stereocenters. The smallest absolute Gasteiger partial charge is 0.319 e. The first-order valence-electron chi connectivity index (χ1n) is 11.1. The minimum atomic E-state index is -3.92. The summed E-state index contributed by atoms with van der Waals surface area (Å²) in [5, 5.41) is 6.61. The van der Waals surface area contributed by atoms with E-state index in [-0.39, 0.29) is 17.0 Å². The topological polar surface area (TPSA) is 94.6 Å². The number of hydrogen-bond donors (Lipinski definition) is 2. The highest BCUT2D eigenvalue weighted by atomic mass is 32.2. The number of likely N-dealkylation sites (tertiary alicyclic amines) is 1. The van der Waals surface area contributed by atoms with Gasteiger partial charge in [0.25, 0.3) is 0 Å².